The Labute approximate surface area is 196 Å². The first-order valence-corrected chi connectivity index (χ1v) is 10.6. The molecule has 3 aromatic carbocycles. The summed E-state index contributed by atoms with van der Waals surface area (Å²) in [5.74, 6) is -0.0432. The number of aryl methyl sites for hydroxylation is 2. The molecule has 0 aliphatic rings. The maximum absolute atomic E-state index is 12.6. The van der Waals surface area contributed by atoms with Crippen molar-refractivity contribution in [3.05, 3.63) is 94.0 Å². The molecular weight excluding hydrogens is 446 g/mol. The molecular formula is C24H22ClN3O3S. The molecule has 0 aliphatic heterocycles. The highest BCUT2D eigenvalue weighted by atomic mass is 35.5. The fraction of sp³-hybridized carbons (Fsp3) is 0.125. The van der Waals surface area contributed by atoms with Crippen molar-refractivity contribution in [1.82, 2.24) is 10.9 Å². The number of hydrogen-bond acceptors (Lipinski definition) is 4. The van der Waals surface area contributed by atoms with Crippen LogP contribution in [0.3, 0.4) is 0 Å². The minimum absolute atomic E-state index is 0.140. The molecule has 3 N–H and O–H groups in total. The smallest absolute Gasteiger partial charge is 0.276 e. The Balaban J connectivity index is 1.49. The van der Waals surface area contributed by atoms with Gasteiger partial charge in [0.25, 0.3) is 5.91 Å². The molecule has 0 saturated heterocycles. The van der Waals surface area contributed by atoms with Gasteiger partial charge in [0.15, 0.2) is 17.5 Å². The van der Waals surface area contributed by atoms with Gasteiger partial charge in [-0.3, -0.25) is 20.4 Å². The molecule has 164 valence electrons. The molecule has 0 spiro atoms. The number of ether oxygens (including phenoxy) is 1. The van der Waals surface area contributed by atoms with E-state index in [1.54, 1.807) is 49.4 Å². The number of thiocarbonyl (C=S) groups is 1. The van der Waals surface area contributed by atoms with Crippen LogP contribution < -0.4 is 20.9 Å². The van der Waals surface area contributed by atoms with E-state index >= 15 is 0 Å². The summed E-state index contributed by atoms with van der Waals surface area (Å²) in [6.45, 7) is 3.58. The summed E-state index contributed by atoms with van der Waals surface area (Å²) in [6, 6.07) is 19.5. The lowest BCUT2D eigenvalue weighted by atomic mass is 10.0. The van der Waals surface area contributed by atoms with Gasteiger partial charge in [-0.15, -0.1) is 0 Å². The lowest BCUT2D eigenvalue weighted by Crippen LogP contribution is -2.45. The van der Waals surface area contributed by atoms with E-state index in [4.69, 9.17) is 28.6 Å². The predicted molar refractivity (Wildman–Crippen MR) is 130 cm³/mol. The summed E-state index contributed by atoms with van der Waals surface area (Å²) >= 11 is 11.1. The second-order valence-electron chi connectivity index (χ2n) is 7.10. The average molecular weight is 468 g/mol. The van der Waals surface area contributed by atoms with Crippen LogP contribution in [0.2, 0.25) is 5.02 Å². The Kier molecular flexibility index (Phi) is 7.81. The van der Waals surface area contributed by atoms with Gasteiger partial charge in [0, 0.05) is 21.8 Å². The third kappa shape index (κ3) is 6.54. The summed E-state index contributed by atoms with van der Waals surface area (Å²) in [6.07, 6.45) is 0. The molecule has 3 aromatic rings. The van der Waals surface area contributed by atoms with Crippen LogP contribution in [0.5, 0.6) is 5.75 Å². The highest BCUT2D eigenvalue weighted by molar-refractivity contribution is 7.80. The van der Waals surface area contributed by atoms with E-state index in [1.807, 2.05) is 31.2 Å². The Bertz CT molecular complexity index is 1150. The molecule has 8 heteroatoms. The van der Waals surface area contributed by atoms with Crippen molar-refractivity contribution in [3.63, 3.8) is 0 Å². The molecule has 0 unspecified atom stereocenters. The summed E-state index contributed by atoms with van der Waals surface area (Å²) in [4.78, 5) is 24.7. The average Bonchev–Trinajstić information content (AvgIpc) is 2.78. The highest BCUT2D eigenvalue weighted by Crippen LogP contribution is 2.22. The van der Waals surface area contributed by atoms with E-state index in [9.17, 15) is 9.59 Å². The fourth-order valence-corrected chi connectivity index (χ4v) is 3.21. The number of amides is 1. The van der Waals surface area contributed by atoms with Crippen molar-refractivity contribution in [1.29, 1.82) is 0 Å². The number of benzene rings is 3. The Morgan fingerprint density at radius 2 is 1.66 bits per heavy atom. The van der Waals surface area contributed by atoms with Crippen molar-refractivity contribution in [2.24, 2.45) is 0 Å². The Morgan fingerprint density at radius 3 is 2.34 bits per heavy atom. The zero-order valence-electron chi connectivity index (χ0n) is 17.6. The number of carbonyl (C=O) groups is 2. The number of hydrogen-bond donors (Lipinski definition) is 3. The first-order chi connectivity index (χ1) is 15.3. The monoisotopic (exact) mass is 467 g/mol. The van der Waals surface area contributed by atoms with Gasteiger partial charge in [-0.2, -0.15) is 0 Å². The summed E-state index contributed by atoms with van der Waals surface area (Å²) in [7, 11) is 0. The topological polar surface area (TPSA) is 79.5 Å². The molecule has 0 fully saturated rings. The van der Waals surface area contributed by atoms with Gasteiger partial charge < -0.3 is 10.1 Å². The largest absolute Gasteiger partial charge is 0.483 e. The van der Waals surface area contributed by atoms with Gasteiger partial charge in [-0.25, -0.2) is 0 Å². The SMILES string of the molecule is Cc1ccc(NC(=S)NNC(=O)COc2ccc(C(=O)c3cccc(Cl)c3)cc2C)cc1. The number of anilines is 1. The maximum atomic E-state index is 12.6. The van der Waals surface area contributed by atoms with Gasteiger partial charge in [-0.05, 0) is 74.1 Å². The number of hydrazine groups is 1. The van der Waals surface area contributed by atoms with Crippen LogP contribution in [0.25, 0.3) is 0 Å². The summed E-state index contributed by atoms with van der Waals surface area (Å²) in [5, 5.41) is 3.72. The van der Waals surface area contributed by atoms with Gasteiger partial charge in [0.1, 0.15) is 5.75 Å². The molecule has 0 heterocycles. The molecule has 0 saturated carbocycles. The lowest BCUT2D eigenvalue weighted by molar-refractivity contribution is -0.123. The number of ketones is 1. The molecule has 3 rings (SSSR count). The zero-order chi connectivity index (χ0) is 23.1. The Morgan fingerprint density at radius 1 is 0.938 bits per heavy atom. The first kappa shape index (κ1) is 23.2. The predicted octanol–water partition coefficient (Wildman–Crippen LogP) is 4.58. The quantitative estimate of drug-likeness (QED) is 0.279. The molecule has 32 heavy (non-hydrogen) atoms. The molecule has 0 atom stereocenters. The third-order valence-electron chi connectivity index (χ3n) is 4.51. The number of halogens is 1. The molecule has 6 nitrogen and oxygen atoms in total. The van der Waals surface area contributed by atoms with Gasteiger partial charge in [0.2, 0.25) is 0 Å². The van der Waals surface area contributed by atoms with E-state index < -0.39 is 5.91 Å². The highest BCUT2D eigenvalue weighted by Gasteiger charge is 2.12. The van der Waals surface area contributed by atoms with Crippen molar-refractivity contribution in [2.45, 2.75) is 13.8 Å². The molecule has 0 aromatic heterocycles. The van der Waals surface area contributed by atoms with Crippen LogP contribution in [-0.4, -0.2) is 23.4 Å². The van der Waals surface area contributed by atoms with Crippen molar-refractivity contribution in [3.8, 4) is 5.75 Å². The van der Waals surface area contributed by atoms with E-state index in [2.05, 4.69) is 16.2 Å². The van der Waals surface area contributed by atoms with E-state index in [0.717, 1.165) is 16.8 Å². The second-order valence-corrected chi connectivity index (χ2v) is 7.95. The van der Waals surface area contributed by atoms with Crippen molar-refractivity contribution < 1.29 is 14.3 Å². The summed E-state index contributed by atoms with van der Waals surface area (Å²) in [5.41, 5.74) is 8.80. The summed E-state index contributed by atoms with van der Waals surface area (Å²) < 4.78 is 5.57. The maximum Gasteiger partial charge on any atom is 0.276 e. The number of rotatable bonds is 6. The van der Waals surface area contributed by atoms with Crippen LogP contribution in [0.1, 0.15) is 27.0 Å². The molecule has 0 bridgehead atoms. The first-order valence-electron chi connectivity index (χ1n) is 9.78. The fourth-order valence-electron chi connectivity index (χ4n) is 2.85. The standard InChI is InChI=1S/C24H22ClN3O3S/c1-15-6-9-20(10-7-15)26-24(32)28-27-22(29)14-31-21-11-8-18(12-16(21)2)23(30)17-4-3-5-19(25)13-17/h3-13H,14H2,1-2H3,(H,27,29)(H2,26,28,32). The van der Waals surface area contributed by atoms with Crippen LogP contribution >= 0.6 is 23.8 Å². The van der Waals surface area contributed by atoms with Gasteiger partial charge in [-0.1, -0.05) is 41.4 Å². The lowest BCUT2D eigenvalue weighted by Gasteiger charge is -2.13. The molecule has 0 radical (unpaired) electrons. The number of nitrogens with one attached hydrogen (secondary N) is 3. The zero-order valence-corrected chi connectivity index (χ0v) is 19.1. The van der Waals surface area contributed by atoms with Crippen molar-refractivity contribution in [2.75, 3.05) is 11.9 Å². The third-order valence-corrected chi connectivity index (χ3v) is 4.95. The van der Waals surface area contributed by atoms with Crippen molar-refractivity contribution >= 4 is 46.3 Å². The van der Waals surface area contributed by atoms with Crippen LogP contribution in [-0.2, 0) is 4.79 Å². The van der Waals surface area contributed by atoms with E-state index in [-0.39, 0.29) is 17.5 Å². The van der Waals surface area contributed by atoms with Gasteiger partial charge >= 0.3 is 0 Å². The molecule has 0 aliphatic carbocycles. The van der Waals surface area contributed by atoms with E-state index in [0.29, 0.717) is 21.9 Å². The molecule has 1 amide bonds. The second kappa shape index (κ2) is 10.7. The van der Waals surface area contributed by atoms with Gasteiger partial charge in [0.05, 0.1) is 0 Å². The van der Waals surface area contributed by atoms with Crippen LogP contribution in [0, 0.1) is 13.8 Å². The minimum atomic E-state index is -0.406. The van der Waals surface area contributed by atoms with E-state index in [1.165, 1.54) is 0 Å². The van der Waals surface area contributed by atoms with Crippen LogP contribution in [0.4, 0.5) is 5.69 Å². The normalized spacial score (nSPS) is 10.2. The minimum Gasteiger partial charge on any atom is -0.483 e. The van der Waals surface area contributed by atoms with Crippen LogP contribution in [0.15, 0.2) is 66.7 Å². The Hall–Kier alpha value is -3.42. The number of carbonyl (C=O) groups excluding carboxylic acids is 2.